The van der Waals surface area contributed by atoms with Crippen molar-refractivity contribution in [3.8, 4) is 11.5 Å². The summed E-state index contributed by atoms with van der Waals surface area (Å²) in [6, 6.07) is 13.2. The summed E-state index contributed by atoms with van der Waals surface area (Å²) in [5.74, 6) is 0.00475. The van der Waals surface area contributed by atoms with Crippen molar-refractivity contribution in [3.05, 3.63) is 64.9 Å². The number of amides is 1. The van der Waals surface area contributed by atoms with Gasteiger partial charge in [-0.1, -0.05) is 24.3 Å². The number of hydrogen-bond donors (Lipinski definition) is 1. The van der Waals surface area contributed by atoms with Crippen molar-refractivity contribution in [2.45, 2.75) is 39.0 Å². The van der Waals surface area contributed by atoms with Crippen molar-refractivity contribution in [1.29, 1.82) is 0 Å². The largest absolute Gasteiger partial charge is 0.497 e. The number of ether oxygens (including phenoxy) is 2. The highest BCUT2D eigenvalue weighted by molar-refractivity contribution is 6.13. The lowest BCUT2D eigenvalue weighted by molar-refractivity contribution is -0.119. The molecular formula is C26H28N2O4. The van der Waals surface area contributed by atoms with Crippen LogP contribution in [0.15, 0.2) is 58.7 Å². The molecular weight excluding hydrogens is 404 g/mol. The molecule has 1 unspecified atom stereocenters. The zero-order chi connectivity index (χ0) is 22.8. The second-order valence-electron chi connectivity index (χ2n) is 8.26. The van der Waals surface area contributed by atoms with Crippen molar-refractivity contribution >= 4 is 23.1 Å². The highest BCUT2D eigenvalue weighted by Crippen LogP contribution is 2.46. The molecule has 0 radical (unpaired) electrons. The van der Waals surface area contributed by atoms with Gasteiger partial charge in [0, 0.05) is 46.6 Å². The minimum absolute atomic E-state index is 0.0547. The smallest absolute Gasteiger partial charge is 0.234 e. The summed E-state index contributed by atoms with van der Waals surface area (Å²) in [4.78, 5) is 31.5. The molecule has 0 saturated carbocycles. The predicted octanol–water partition coefficient (Wildman–Crippen LogP) is 4.83. The topological polar surface area (TPSA) is 77.0 Å². The lowest BCUT2D eigenvalue weighted by atomic mass is 9.71. The molecule has 1 amide bonds. The number of nitrogens with one attached hydrogen (secondary N) is 1. The number of Topliss-reactive ketones (excluding diaryl/α,β-unsaturated/α-hetero) is 1. The number of anilines is 1. The molecule has 2 aliphatic rings. The van der Waals surface area contributed by atoms with Crippen molar-refractivity contribution in [1.82, 2.24) is 0 Å². The maximum absolute atomic E-state index is 13.6. The van der Waals surface area contributed by atoms with Gasteiger partial charge in [-0.2, -0.15) is 0 Å². The Labute approximate surface area is 188 Å². The van der Waals surface area contributed by atoms with Crippen LogP contribution in [0.2, 0.25) is 0 Å². The van der Waals surface area contributed by atoms with E-state index in [1.54, 1.807) is 20.3 Å². The number of methoxy groups -OCH3 is 2. The fraction of sp³-hybridized carbons (Fsp3) is 0.346. The molecule has 4 rings (SSSR count). The van der Waals surface area contributed by atoms with Crippen LogP contribution in [0.4, 0.5) is 5.69 Å². The SMILES string of the molecule is COc1ccc([C@H]2C3=C(CCCC3=O)N=C(C)C2C(=O)Nc2ccccc2C)c(OC)c1. The zero-order valence-electron chi connectivity index (χ0n) is 18.9. The summed E-state index contributed by atoms with van der Waals surface area (Å²) in [5, 5.41) is 3.06. The normalized spacial score (nSPS) is 20.4. The van der Waals surface area contributed by atoms with Gasteiger partial charge in [0.15, 0.2) is 5.78 Å². The molecule has 6 heteroatoms. The molecule has 6 nitrogen and oxygen atoms in total. The quantitative estimate of drug-likeness (QED) is 0.734. The first kappa shape index (κ1) is 21.8. The first-order valence-corrected chi connectivity index (χ1v) is 10.8. The molecule has 32 heavy (non-hydrogen) atoms. The van der Waals surface area contributed by atoms with E-state index in [9.17, 15) is 9.59 Å². The number of ketones is 1. The Kier molecular flexibility index (Phi) is 6.12. The van der Waals surface area contributed by atoms with Crippen molar-refractivity contribution in [2.75, 3.05) is 19.5 Å². The highest BCUT2D eigenvalue weighted by Gasteiger charge is 2.43. The molecule has 0 aromatic heterocycles. The molecule has 166 valence electrons. The van der Waals surface area contributed by atoms with Crippen molar-refractivity contribution in [3.63, 3.8) is 0 Å². The minimum Gasteiger partial charge on any atom is -0.497 e. The van der Waals surface area contributed by atoms with Crippen LogP contribution >= 0.6 is 0 Å². The third-order valence-electron chi connectivity index (χ3n) is 6.30. The summed E-state index contributed by atoms with van der Waals surface area (Å²) in [6.07, 6.45) is 1.98. The number of aryl methyl sites for hydroxylation is 1. The van der Waals surface area contributed by atoms with Crippen LogP contribution < -0.4 is 14.8 Å². The number of aliphatic imine (C=N–C) groups is 1. The van der Waals surface area contributed by atoms with Crippen LogP contribution in [0.25, 0.3) is 0 Å². The lowest BCUT2D eigenvalue weighted by Gasteiger charge is -2.35. The van der Waals surface area contributed by atoms with Gasteiger partial charge in [0.25, 0.3) is 0 Å². The Morgan fingerprint density at radius 3 is 2.56 bits per heavy atom. The number of nitrogens with zero attached hydrogens (tertiary/aromatic N) is 1. The van der Waals surface area contributed by atoms with Gasteiger partial charge in [-0.15, -0.1) is 0 Å². The summed E-state index contributed by atoms with van der Waals surface area (Å²) in [5.41, 5.74) is 4.64. The number of allylic oxidation sites excluding steroid dienone is 2. The fourth-order valence-corrected chi connectivity index (χ4v) is 4.68. The number of para-hydroxylation sites is 1. The monoisotopic (exact) mass is 432 g/mol. The van der Waals surface area contributed by atoms with Crippen LogP contribution in [0.3, 0.4) is 0 Å². The van der Waals surface area contributed by atoms with Gasteiger partial charge in [-0.3, -0.25) is 14.6 Å². The van der Waals surface area contributed by atoms with Crippen LogP contribution in [0, 0.1) is 12.8 Å². The molecule has 0 bridgehead atoms. The Bertz CT molecular complexity index is 1130. The van der Waals surface area contributed by atoms with Gasteiger partial charge in [0.1, 0.15) is 11.5 Å². The fourth-order valence-electron chi connectivity index (χ4n) is 4.68. The van der Waals surface area contributed by atoms with E-state index >= 15 is 0 Å². The molecule has 0 fully saturated rings. The van der Waals surface area contributed by atoms with E-state index in [0.29, 0.717) is 29.2 Å². The Hall–Kier alpha value is -3.41. The molecule has 0 saturated heterocycles. The van der Waals surface area contributed by atoms with Crippen molar-refractivity contribution in [2.24, 2.45) is 10.9 Å². The Morgan fingerprint density at radius 1 is 1.06 bits per heavy atom. The van der Waals surface area contributed by atoms with Gasteiger partial charge in [0.2, 0.25) is 5.91 Å². The van der Waals surface area contributed by atoms with Gasteiger partial charge in [-0.25, -0.2) is 0 Å². The predicted molar refractivity (Wildman–Crippen MR) is 125 cm³/mol. The second kappa shape index (κ2) is 8.99. The number of carbonyl (C=O) groups is 2. The van der Waals surface area contributed by atoms with Crippen molar-refractivity contribution < 1.29 is 19.1 Å². The van der Waals surface area contributed by atoms with Crippen LogP contribution in [-0.4, -0.2) is 31.6 Å². The molecule has 0 spiro atoms. The van der Waals surface area contributed by atoms with Crippen LogP contribution in [0.5, 0.6) is 11.5 Å². The number of rotatable bonds is 5. The van der Waals surface area contributed by atoms with E-state index in [4.69, 9.17) is 14.5 Å². The van der Waals surface area contributed by atoms with E-state index in [0.717, 1.165) is 35.4 Å². The third-order valence-corrected chi connectivity index (χ3v) is 6.30. The van der Waals surface area contributed by atoms with Gasteiger partial charge in [0.05, 0.1) is 20.1 Å². The third kappa shape index (κ3) is 3.93. The van der Waals surface area contributed by atoms with Gasteiger partial charge in [-0.05, 0) is 44.4 Å². The van der Waals surface area contributed by atoms with Gasteiger partial charge >= 0.3 is 0 Å². The van der Waals surface area contributed by atoms with Crippen LogP contribution in [0.1, 0.15) is 43.2 Å². The summed E-state index contributed by atoms with van der Waals surface area (Å²) in [7, 11) is 3.18. The first-order valence-electron chi connectivity index (χ1n) is 10.8. The average Bonchev–Trinajstić information content (AvgIpc) is 2.79. The molecule has 1 heterocycles. The molecule has 1 aliphatic carbocycles. The van der Waals surface area contributed by atoms with E-state index in [2.05, 4.69) is 5.32 Å². The Balaban J connectivity index is 1.84. The molecule has 1 aliphatic heterocycles. The molecule has 1 N–H and O–H groups in total. The number of benzene rings is 2. The standard InChI is InChI=1S/C26H28N2O4/c1-15-8-5-6-9-19(15)28-26(30)23-16(2)27-20-10-7-11-21(29)25(20)24(23)18-13-12-17(31-3)14-22(18)32-4/h5-6,8-9,12-14,23-24H,7,10-11H2,1-4H3,(H,28,30)/t23?,24-/m1/s1. The minimum atomic E-state index is -0.627. The lowest BCUT2D eigenvalue weighted by Crippen LogP contribution is -2.39. The van der Waals surface area contributed by atoms with E-state index in [-0.39, 0.29) is 11.7 Å². The average molecular weight is 433 g/mol. The van der Waals surface area contributed by atoms with E-state index < -0.39 is 11.8 Å². The maximum atomic E-state index is 13.6. The zero-order valence-corrected chi connectivity index (χ0v) is 18.9. The summed E-state index contributed by atoms with van der Waals surface area (Å²) >= 11 is 0. The van der Waals surface area contributed by atoms with Crippen LogP contribution in [-0.2, 0) is 9.59 Å². The number of hydrogen-bond acceptors (Lipinski definition) is 5. The molecule has 2 aromatic rings. The van der Waals surface area contributed by atoms with Gasteiger partial charge < -0.3 is 14.8 Å². The second-order valence-corrected chi connectivity index (χ2v) is 8.26. The maximum Gasteiger partial charge on any atom is 0.234 e. The van der Waals surface area contributed by atoms with E-state index in [1.165, 1.54) is 0 Å². The van der Waals surface area contributed by atoms with E-state index in [1.807, 2.05) is 50.2 Å². The summed E-state index contributed by atoms with van der Waals surface area (Å²) in [6.45, 7) is 3.82. The first-order chi connectivity index (χ1) is 15.4. The highest BCUT2D eigenvalue weighted by atomic mass is 16.5. The molecule has 2 atom stereocenters. The summed E-state index contributed by atoms with van der Waals surface area (Å²) < 4.78 is 11.0. The number of carbonyl (C=O) groups excluding carboxylic acids is 2. The Morgan fingerprint density at radius 2 is 1.84 bits per heavy atom. The molecule has 2 aromatic carbocycles.